The van der Waals surface area contributed by atoms with E-state index in [0.717, 1.165) is 5.69 Å². The number of nitrogens with one attached hydrogen (secondary N) is 1. The Bertz CT molecular complexity index is 537. The molecule has 18 heavy (non-hydrogen) atoms. The van der Waals surface area contributed by atoms with E-state index in [1.165, 1.54) is 0 Å². The molecule has 0 aliphatic rings. The van der Waals surface area contributed by atoms with Crippen molar-refractivity contribution < 1.29 is 4.79 Å². The van der Waals surface area contributed by atoms with Gasteiger partial charge in [0.05, 0.1) is 11.4 Å². The van der Waals surface area contributed by atoms with E-state index >= 15 is 0 Å². The molecule has 3 heteroatoms. The summed E-state index contributed by atoms with van der Waals surface area (Å²) in [5.74, 6) is 0.0315. The highest BCUT2D eigenvalue weighted by Gasteiger charge is 2.08. The van der Waals surface area contributed by atoms with Crippen LogP contribution in [-0.4, -0.2) is 10.8 Å². The molecule has 0 atom stereocenters. The zero-order valence-electron chi connectivity index (χ0n) is 9.80. The molecule has 0 aliphatic carbocycles. The summed E-state index contributed by atoms with van der Waals surface area (Å²) in [7, 11) is 0. The molecule has 0 aromatic heterocycles. The number of rotatable bonds is 4. The van der Waals surface area contributed by atoms with Crippen LogP contribution in [0.15, 0.2) is 60.7 Å². The molecular weight excluding hydrogens is 242 g/mol. The normalized spacial score (nSPS) is 9.78. The van der Waals surface area contributed by atoms with Gasteiger partial charge in [0.15, 0.2) is 5.78 Å². The van der Waals surface area contributed by atoms with E-state index < -0.39 is 0 Å². The molecule has 0 saturated heterocycles. The van der Waals surface area contributed by atoms with Gasteiger partial charge in [-0.3, -0.25) is 4.79 Å². The van der Waals surface area contributed by atoms with Gasteiger partial charge in [-0.15, -0.1) is 0 Å². The number of Topliss-reactive ketones (excluding diaryl/α,β-unsaturated/α-hetero) is 1. The van der Waals surface area contributed by atoms with E-state index in [4.69, 9.17) is 12.2 Å². The van der Waals surface area contributed by atoms with E-state index in [2.05, 4.69) is 5.32 Å². The van der Waals surface area contributed by atoms with Crippen molar-refractivity contribution in [3.05, 3.63) is 66.2 Å². The summed E-state index contributed by atoms with van der Waals surface area (Å²) in [5.41, 5.74) is 1.60. The Morgan fingerprint density at radius 1 is 0.944 bits per heavy atom. The van der Waals surface area contributed by atoms with Crippen molar-refractivity contribution in [2.45, 2.75) is 6.42 Å². The van der Waals surface area contributed by atoms with E-state index in [-0.39, 0.29) is 12.2 Å². The number of benzene rings is 2. The number of carbonyl (C=O) groups is 1. The minimum Gasteiger partial charge on any atom is -0.350 e. The summed E-state index contributed by atoms with van der Waals surface area (Å²) >= 11 is 5.18. The van der Waals surface area contributed by atoms with E-state index in [1.807, 2.05) is 48.5 Å². The molecule has 2 nitrogen and oxygen atoms in total. The third kappa shape index (κ3) is 3.50. The molecule has 2 aromatic carbocycles. The number of carbonyl (C=O) groups excluding carboxylic acids is 1. The first-order valence-electron chi connectivity index (χ1n) is 5.69. The quantitative estimate of drug-likeness (QED) is 0.667. The van der Waals surface area contributed by atoms with Crippen LogP contribution in [0, 0.1) is 0 Å². The van der Waals surface area contributed by atoms with Crippen LogP contribution in [-0.2, 0) is 0 Å². The van der Waals surface area contributed by atoms with Crippen LogP contribution in [0.5, 0.6) is 0 Å². The molecule has 90 valence electrons. The number of hydrogen-bond acceptors (Lipinski definition) is 2. The second kappa shape index (κ2) is 6.07. The largest absolute Gasteiger partial charge is 0.350 e. The molecule has 0 saturated carbocycles. The summed E-state index contributed by atoms with van der Waals surface area (Å²) in [6.45, 7) is 0. The van der Waals surface area contributed by atoms with Crippen LogP contribution in [0.3, 0.4) is 0 Å². The van der Waals surface area contributed by atoms with Gasteiger partial charge in [0.25, 0.3) is 0 Å². The lowest BCUT2D eigenvalue weighted by atomic mass is 10.1. The van der Waals surface area contributed by atoms with Crippen molar-refractivity contribution >= 4 is 28.7 Å². The zero-order valence-corrected chi connectivity index (χ0v) is 10.6. The fourth-order valence-electron chi connectivity index (χ4n) is 1.60. The fourth-order valence-corrected chi connectivity index (χ4v) is 1.85. The SMILES string of the molecule is O=C(CC(=S)Nc1ccccc1)c1ccccc1. The second-order valence-electron chi connectivity index (χ2n) is 3.88. The Kier molecular flexibility index (Phi) is 4.20. The molecule has 2 rings (SSSR count). The smallest absolute Gasteiger partial charge is 0.169 e. The maximum Gasteiger partial charge on any atom is 0.169 e. The Balaban J connectivity index is 1.94. The lowest BCUT2D eigenvalue weighted by Gasteiger charge is -2.07. The average molecular weight is 255 g/mol. The van der Waals surface area contributed by atoms with Crippen LogP contribution in [0.4, 0.5) is 5.69 Å². The van der Waals surface area contributed by atoms with Crippen molar-refractivity contribution in [2.75, 3.05) is 5.32 Å². The molecule has 1 N–H and O–H groups in total. The Morgan fingerprint density at radius 3 is 2.11 bits per heavy atom. The minimum absolute atomic E-state index is 0.0315. The molecule has 2 aromatic rings. The lowest BCUT2D eigenvalue weighted by molar-refractivity contribution is 0.100. The van der Waals surface area contributed by atoms with E-state index in [1.54, 1.807) is 12.1 Å². The van der Waals surface area contributed by atoms with Crippen molar-refractivity contribution in [1.82, 2.24) is 0 Å². The standard InChI is InChI=1S/C15H13NOS/c17-14(12-7-3-1-4-8-12)11-15(18)16-13-9-5-2-6-10-13/h1-10H,11H2,(H,16,18). The maximum absolute atomic E-state index is 11.9. The molecule has 0 aliphatic heterocycles. The molecule has 0 fully saturated rings. The fraction of sp³-hybridized carbons (Fsp3) is 0.0667. The number of hydrogen-bond donors (Lipinski definition) is 1. The van der Waals surface area contributed by atoms with Gasteiger partial charge in [-0.05, 0) is 12.1 Å². The number of ketones is 1. The average Bonchev–Trinajstić information content (AvgIpc) is 2.40. The molecule has 0 amide bonds. The molecular formula is C15H13NOS. The summed E-state index contributed by atoms with van der Waals surface area (Å²) in [6, 6.07) is 18.8. The van der Waals surface area contributed by atoms with Crippen molar-refractivity contribution in [2.24, 2.45) is 0 Å². The lowest BCUT2D eigenvalue weighted by Crippen LogP contribution is -2.14. The van der Waals surface area contributed by atoms with Crippen LogP contribution < -0.4 is 5.32 Å². The molecule has 0 bridgehead atoms. The third-order valence-electron chi connectivity index (χ3n) is 2.47. The Morgan fingerprint density at radius 2 is 1.50 bits per heavy atom. The monoisotopic (exact) mass is 255 g/mol. The van der Waals surface area contributed by atoms with Gasteiger partial charge in [-0.25, -0.2) is 0 Å². The van der Waals surface area contributed by atoms with Gasteiger partial charge in [0, 0.05) is 11.3 Å². The molecule has 0 spiro atoms. The number of thiocarbonyl (C=S) groups is 1. The van der Waals surface area contributed by atoms with Crippen LogP contribution in [0.2, 0.25) is 0 Å². The molecule has 0 radical (unpaired) electrons. The van der Waals surface area contributed by atoms with Gasteiger partial charge in [-0.2, -0.15) is 0 Å². The predicted octanol–water partition coefficient (Wildman–Crippen LogP) is 3.70. The summed E-state index contributed by atoms with van der Waals surface area (Å²) in [6.07, 6.45) is 0.230. The number of para-hydroxylation sites is 1. The Labute approximate surface area is 112 Å². The van der Waals surface area contributed by atoms with E-state index in [9.17, 15) is 4.79 Å². The minimum atomic E-state index is 0.0315. The first kappa shape index (κ1) is 12.5. The van der Waals surface area contributed by atoms with Gasteiger partial charge in [0.2, 0.25) is 0 Å². The predicted molar refractivity (Wildman–Crippen MR) is 78.1 cm³/mol. The highest BCUT2D eigenvalue weighted by atomic mass is 32.1. The highest BCUT2D eigenvalue weighted by molar-refractivity contribution is 7.80. The van der Waals surface area contributed by atoms with Gasteiger partial charge < -0.3 is 5.32 Å². The van der Waals surface area contributed by atoms with Crippen LogP contribution in [0.25, 0.3) is 0 Å². The number of anilines is 1. The van der Waals surface area contributed by atoms with Crippen molar-refractivity contribution in [3.63, 3.8) is 0 Å². The second-order valence-corrected chi connectivity index (χ2v) is 4.37. The summed E-state index contributed by atoms with van der Waals surface area (Å²) in [5, 5.41) is 3.05. The Hall–Kier alpha value is -2.00. The van der Waals surface area contributed by atoms with Crippen LogP contribution in [0.1, 0.15) is 16.8 Å². The van der Waals surface area contributed by atoms with Gasteiger partial charge in [-0.1, -0.05) is 60.7 Å². The van der Waals surface area contributed by atoms with Gasteiger partial charge >= 0.3 is 0 Å². The highest BCUT2D eigenvalue weighted by Crippen LogP contribution is 2.08. The topological polar surface area (TPSA) is 29.1 Å². The molecule has 0 heterocycles. The zero-order chi connectivity index (χ0) is 12.8. The maximum atomic E-state index is 11.9. The first-order valence-corrected chi connectivity index (χ1v) is 6.09. The molecule has 0 unspecified atom stereocenters. The van der Waals surface area contributed by atoms with Gasteiger partial charge in [0.1, 0.15) is 0 Å². The summed E-state index contributed by atoms with van der Waals surface area (Å²) in [4.78, 5) is 12.5. The van der Waals surface area contributed by atoms with Crippen molar-refractivity contribution in [1.29, 1.82) is 0 Å². The van der Waals surface area contributed by atoms with Crippen molar-refractivity contribution in [3.8, 4) is 0 Å². The summed E-state index contributed by atoms with van der Waals surface area (Å²) < 4.78 is 0. The van der Waals surface area contributed by atoms with E-state index in [0.29, 0.717) is 10.6 Å². The first-order chi connectivity index (χ1) is 8.75. The van der Waals surface area contributed by atoms with Crippen LogP contribution >= 0.6 is 12.2 Å². The third-order valence-corrected chi connectivity index (χ3v) is 2.72.